The largest absolute Gasteiger partial charge is 0.466 e. The van der Waals surface area contributed by atoms with Crippen LogP contribution < -0.4 is 5.32 Å². The monoisotopic (exact) mass is 497 g/mol. The molecule has 4 aliphatic rings. The van der Waals surface area contributed by atoms with Gasteiger partial charge in [0.05, 0.1) is 36.4 Å². The van der Waals surface area contributed by atoms with Crippen LogP contribution in [0.2, 0.25) is 0 Å². The van der Waals surface area contributed by atoms with Crippen LogP contribution in [0, 0.1) is 17.8 Å². The summed E-state index contributed by atoms with van der Waals surface area (Å²) in [4.78, 5) is 44.4. The highest BCUT2D eigenvalue weighted by molar-refractivity contribution is 8.02. The highest BCUT2D eigenvalue weighted by Gasteiger charge is 2.76. The molecule has 0 radical (unpaired) electrons. The van der Waals surface area contributed by atoms with Crippen molar-refractivity contribution in [3.05, 3.63) is 0 Å². The van der Waals surface area contributed by atoms with E-state index < -0.39 is 22.6 Å². The van der Waals surface area contributed by atoms with Gasteiger partial charge in [-0.05, 0) is 38.5 Å². The van der Waals surface area contributed by atoms with Crippen LogP contribution in [0.3, 0.4) is 0 Å². The van der Waals surface area contributed by atoms with E-state index in [1.54, 1.807) is 23.6 Å². The Morgan fingerprint density at radius 3 is 2.71 bits per heavy atom. The van der Waals surface area contributed by atoms with Crippen molar-refractivity contribution in [2.45, 2.75) is 55.6 Å². The number of esters is 1. The summed E-state index contributed by atoms with van der Waals surface area (Å²) in [5, 5.41) is 12.3. The first kappa shape index (κ1) is 25.7. The summed E-state index contributed by atoms with van der Waals surface area (Å²) in [7, 11) is 0. The highest BCUT2D eigenvalue weighted by Crippen LogP contribution is 2.68. The minimum Gasteiger partial charge on any atom is -0.466 e. The molecule has 9 nitrogen and oxygen atoms in total. The predicted octanol–water partition coefficient (Wildman–Crippen LogP) is 0.498. The number of rotatable bonds is 11. The fraction of sp³-hybridized carbons (Fsp3) is 0.875. The Morgan fingerprint density at radius 1 is 1.24 bits per heavy atom. The summed E-state index contributed by atoms with van der Waals surface area (Å²) in [6, 6.07) is -0.590. The van der Waals surface area contributed by atoms with Gasteiger partial charge in [0.1, 0.15) is 6.04 Å². The van der Waals surface area contributed by atoms with E-state index in [1.807, 2.05) is 0 Å². The van der Waals surface area contributed by atoms with E-state index in [2.05, 4.69) is 17.1 Å². The molecule has 4 aliphatic heterocycles. The van der Waals surface area contributed by atoms with E-state index in [0.717, 1.165) is 38.9 Å². The van der Waals surface area contributed by atoms with Crippen molar-refractivity contribution >= 4 is 29.5 Å². The van der Waals surface area contributed by atoms with Crippen LogP contribution in [0.5, 0.6) is 0 Å². The summed E-state index contributed by atoms with van der Waals surface area (Å²) >= 11 is 1.68. The maximum absolute atomic E-state index is 13.8. The zero-order valence-corrected chi connectivity index (χ0v) is 21.2. The van der Waals surface area contributed by atoms with Crippen molar-refractivity contribution in [2.75, 3.05) is 59.2 Å². The predicted molar refractivity (Wildman–Crippen MR) is 128 cm³/mol. The molecule has 3 unspecified atom stereocenters. The number of unbranched alkanes of at least 4 members (excludes halogenated alkanes) is 2. The minimum absolute atomic E-state index is 0.0168. The third kappa shape index (κ3) is 4.58. The Morgan fingerprint density at radius 2 is 2.00 bits per heavy atom. The number of ether oxygens (including phenoxy) is 2. The van der Waals surface area contributed by atoms with E-state index in [1.165, 1.54) is 0 Å². The van der Waals surface area contributed by atoms with Gasteiger partial charge in [0.2, 0.25) is 11.8 Å². The summed E-state index contributed by atoms with van der Waals surface area (Å²) in [6.07, 6.45) is 2.99. The molecule has 2 amide bonds. The SMILES string of the molecule is CCOC(=O)[C@@H]1[C@H]2C(=O)N(CCCCCO)C(C(=O)NCCN3CCOCC3)C23S[C@@H]1CC3C. The number of nitrogens with zero attached hydrogens (tertiary/aromatic N) is 2. The third-order valence-electron chi connectivity index (χ3n) is 7.94. The summed E-state index contributed by atoms with van der Waals surface area (Å²) in [6.45, 7) is 9.18. The molecule has 10 heteroatoms. The molecule has 4 heterocycles. The molecule has 0 saturated carbocycles. The number of likely N-dealkylation sites (tertiary alicyclic amines) is 1. The lowest BCUT2D eigenvalue weighted by Gasteiger charge is -2.38. The van der Waals surface area contributed by atoms with Gasteiger partial charge in [-0.25, -0.2) is 0 Å². The minimum atomic E-state index is -0.598. The van der Waals surface area contributed by atoms with Gasteiger partial charge in [0, 0.05) is 44.6 Å². The third-order valence-corrected chi connectivity index (χ3v) is 10.0. The van der Waals surface area contributed by atoms with Gasteiger partial charge < -0.3 is 24.8 Å². The number of hydrogen-bond acceptors (Lipinski definition) is 8. The van der Waals surface area contributed by atoms with Crippen LogP contribution in [0.4, 0.5) is 0 Å². The number of carbonyl (C=O) groups excluding carboxylic acids is 3. The van der Waals surface area contributed by atoms with E-state index in [0.29, 0.717) is 32.7 Å². The van der Waals surface area contributed by atoms with Gasteiger partial charge >= 0.3 is 5.97 Å². The van der Waals surface area contributed by atoms with Crippen LogP contribution in [0.15, 0.2) is 0 Å². The van der Waals surface area contributed by atoms with Gasteiger partial charge in [0.15, 0.2) is 0 Å². The molecule has 2 N–H and O–H groups in total. The lowest BCUT2D eigenvalue weighted by Crippen LogP contribution is -2.57. The van der Waals surface area contributed by atoms with Gasteiger partial charge in [-0.15, -0.1) is 11.8 Å². The molecule has 4 saturated heterocycles. The van der Waals surface area contributed by atoms with Crippen LogP contribution >= 0.6 is 11.8 Å². The van der Waals surface area contributed by atoms with E-state index in [9.17, 15) is 14.4 Å². The van der Waals surface area contributed by atoms with Gasteiger partial charge in [-0.2, -0.15) is 0 Å². The van der Waals surface area contributed by atoms with E-state index in [4.69, 9.17) is 14.6 Å². The average Bonchev–Trinajstić information content (AvgIpc) is 3.41. The van der Waals surface area contributed by atoms with Crippen molar-refractivity contribution in [3.63, 3.8) is 0 Å². The Kier molecular flexibility index (Phi) is 8.43. The first-order valence-electron chi connectivity index (χ1n) is 12.8. The molecular formula is C24H39N3O6S. The fourth-order valence-corrected chi connectivity index (χ4v) is 8.81. The second kappa shape index (κ2) is 11.1. The topological polar surface area (TPSA) is 108 Å². The van der Waals surface area contributed by atoms with Crippen LogP contribution in [0.25, 0.3) is 0 Å². The van der Waals surface area contributed by atoms with Crippen LogP contribution in [-0.2, 0) is 23.9 Å². The zero-order valence-electron chi connectivity index (χ0n) is 20.4. The van der Waals surface area contributed by atoms with Gasteiger partial charge in [0.25, 0.3) is 0 Å². The second-order valence-corrected chi connectivity index (χ2v) is 11.4. The maximum atomic E-state index is 13.8. The van der Waals surface area contributed by atoms with Crippen molar-refractivity contribution in [2.24, 2.45) is 17.8 Å². The highest BCUT2D eigenvalue weighted by atomic mass is 32.2. The molecule has 34 heavy (non-hydrogen) atoms. The van der Waals surface area contributed by atoms with Crippen molar-refractivity contribution < 1.29 is 29.0 Å². The molecule has 192 valence electrons. The van der Waals surface area contributed by atoms with Crippen molar-refractivity contribution in [1.29, 1.82) is 0 Å². The molecule has 4 rings (SSSR count). The zero-order chi connectivity index (χ0) is 24.3. The number of carbonyl (C=O) groups is 3. The number of nitrogens with one attached hydrogen (secondary N) is 1. The van der Waals surface area contributed by atoms with Gasteiger partial charge in [-0.3, -0.25) is 19.3 Å². The quantitative estimate of drug-likeness (QED) is 0.314. The molecule has 0 aromatic carbocycles. The Bertz CT molecular complexity index is 763. The summed E-state index contributed by atoms with van der Waals surface area (Å²) in [5.41, 5.74) is 0. The average molecular weight is 498 g/mol. The van der Waals surface area contributed by atoms with E-state index in [-0.39, 0.29) is 42.2 Å². The lowest BCUT2D eigenvalue weighted by atomic mass is 9.66. The number of thioether (sulfide) groups is 1. The molecule has 6 atom stereocenters. The van der Waals surface area contributed by atoms with Crippen molar-refractivity contribution in [3.8, 4) is 0 Å². The lowest BCUT2D eigenvalue weighted by molar-refractivity contribution is -0.154. The molecule has 1 spiro atoms. The second-order valence-electron chi connectivity index (χ2n) is 9.87. The molecule has 4 fully saturated rings. The number of fused-ring (bicyclic) bond motifs is 1. The number of aliphatic hydroxyl groups excluding tert-OH is 1. The van der Waals surface area contributed by atoms with Crippen LogP contribution in [0.1, 0.15) is 39.5 Å². The molecule has 2 bridgehead atoms. The van der Waals surface area contributed by atoms with Crippen LogP contribution in [-0.4, -0.2) is 108 Å². The standard InChI is InChI=1S/C24H39N3O6S/c1-3-33-23(31)18-17-15-16(2)24(34-17)19(18)22(30)27(8-5-4-6-12-28)20(24)21(29)25-7-9-26-10-13-32-14-11-26/h16-20,28H,3-15H2,1-2H3,(H,25,29)/t16?,17-,18+,19+,20?,24?/m1/s1. The van der Waals surface area contributed by atoms with Crippen molar-refractivity contribution in [1.82, 2.24) is 15.1 Å². The number of amides is 2. The van der Waals surface area contributed by atoms with Gasteiger partial charge in [-0.1, -0.05) is 6.92 Å². The molecular weight excluding hydrogens is 458 g/mol. The number of aliphatic hydroxyl groups is 1. The smallest absolute Gasteiger partial charge is 0.310 e. The Labute approximate surface area is 206 Å². The Hall–Kier alpha value is -1.36. The van der Waals surface area contributed by atoms with E-state index >= 15 is 0 Å². The Balaban J connectivity index is 1.53. The summed E-state index contributed by atoms with van der Waals surface area (Å²) in [5.74, 6) is -1.36. The molecule has 0 aromatic rings. The number of hydrogen-bond donors (Lipinski definition) is 2. The first-order valence-corrected chi connectivity index (χ1v) is 13.7. The molecule has 0 aromatic heterocycles. The summed E-state index contributed by atoms with van der Waals surface area (Å²) < 4.78 is 10.2. The first-order chi connectivity index (χ1) is 16.5. The maximum Gasteiger partial charge on any atom is 0.310 e. The normalized spacial score (nSPS) is 35.0. The molecule has 0 aliphatic carbocycles. The number of morpholine rings is 1. The fourth-order valence-electron chi connectivity index (χ4n) is 6.40.